The zero-order valence-electron chi connectivity index (χ0n) is 5.41. The van der Waals surface area contributed by atoms with Crippen LogP contribution in [0.25, 0.3) is 0 Å². The number of aromatic nitrogens is 1. The molecule has 0 spiro atoms. The highest BCUT2D eigenvalue weighted by molar-refractivity contribution is 5.07. The van der Waals surface area contributed by atoms with Gasteiger partial charge in [0.1, 0.15) is 0 Å². The van der Waals surface area contributed by atoms with Crippen LogP contribution in [0, 0.1) is 0 Å². The van der Waals surface area contributed by atoms with Gasteiger partial charge in [-0.15, -0.1) is 4.89 Å². The van der Waals surface area contributed by atoms with E-state index in [1.807, 2.05) is 0 Å². The molecule has 0 unspecified atom stereocenters. The van der Waals surface area contributed by atoms with Gasteiger partial charge >= 0.3 is 6.61 Å². The number of alkyl halides is 2. The lowest BCUT2D eigenvalue weighted by atomic mass is 10.5. The van der Waals surface area contributed by atoms with Crippen molar-refractivity contribution in [3.05, 3.63) is 24.4 Å². The Hall–Kier alpha value is -1.23. The SMILES string of the molecule is FC(F)OOc1ccccn1. The minimum Gasteiger partial charge on any atom is -0.311 e. The lowest BCUT2D eigenvalue weighted by Crippen LogP contribution is -2.03. The molecule has 0 bridgehead atoms. The summed E-state index contributed by atoms with van der Waals surface area (Å²) in [5.74, 6) is 0.00722. The lowest BCUT2D eigenvalue weighted by molar-refractivity contribution is -0.324. The van der Waals surface area contributed by atoms with E-state index >= 15 is 0 Å². The van der Waals surface area contributed by atoms with Crippen LogP contribution in [-0.2, 0) is 4.89 Å². The molecule has 5 heteroatoms. The Morgan fingerprint density at radius 1 is 1.36 bits per heavy atom. The fourth-order valence-electron chi connectivity index (χ4n) is 0.482. The molecular formula is C6H5F2NO2. The molecule has 0 atom stereocenters. The van der Waals surface area contributed by atoms with Gasteiger partial charge in [0, 0.05) is 12.3 Å². The Bertz CT molecular complexity index is 205. The maximum absolute atomic E-state index is 11.3. The van der Waals surface area contributed by atoms with Crippen molar-refractivity contribution in [3.8, 4) is 5.88 Å². The molecule has 0 aliphatic carbocycles. The van der Waals surface area contributed by atoms with Gasteiger partial charge in [-0.3, -0.25) is 0 Å². The van der Waals surface area contributed by atoms with E-state index in [2.05, 4.69) is 14.8 Å². The van der Waals surface area contributed by atoms with Crippen LogP contribution in [0.2, 0.25) is 0 Å². The van der Waals surface area contributed by atoms with E-state index in [0.29, 0.717) is 0 Å². The van der Waals surface area contributed by atoms with Gasteiger partial charge in [0.25, 0.3) is 5.88 Å². The summed E-state index contributed by atoms with van der Waals surface area (Å²) in [6.45, 7) is -2.95. The van der Waals surface area contributed by atoms with Crippen molar-refractivity contribution in [2.24, 2.45) is 0 Å². The van der Waals surface area contributed by atoms with Gasteiger partial charge in [0.05, 0.1) is 0 Å². The number of halogens is 2. The number of pyridine rings is 1. The van der Waals surface area contributed by atoms with Gasteiger partial charge in [-0.25, -0.2) is 4.98 Å². The molecule has 0 saturated carbocycles. The van der Waals surface area contributed by atoms with Crippen LogP contribution in [-0.4, -0.2) is 11.6 Å². The van der Waals surface area contributed by atoms with Crippen molar-refractivity contribution >= 4 is 0 Å². The first-order valence-corrected chi connectivity index (χ1v) is 2.81. The van der Waals surface area contributed by atoms with Gasteiger partial charge < -0.3 is 4.89 Å². The van der Waals surface area contributed by atoms with Crippen LogP contribution in [0.5, 0.6) is 5.88 Å². The van der Waals surface area contributed by atoms with E-state index in [4.69, 9.17) is 0 Å². The molecule has 0 saturated heterocycles. The third-order valence-corrected chi connectivity index (χ3v) is 0.844. The summed E-state index contributed by atoms with van der Waals surface area (Å²) in [7, 11) is 0. The van der Waals surface area contributed by atoms with Gasteiger partial charge in [0.2, 0.25) is 0 Å². The lowest BCUT2D eigenvalue weighted by Gasteiger charge is -2.00. The van der Waals surface area contributed by atoms with Gasteiger partial charge in [-0.1, -0.05) is 6.07 Å². The maximum Gasteiger partial charge on any atom is 0.381 e. The predicted octanol–water partition coefficient (Wildman–Crippen LogP) is 1.61. The maximum atomic E-state index is 11.3. The molecule has 1 rings (SSSR count). The van der Waals surface area contributed by atoms with Crippen LogP contribution in [0.15, 0.2) is 24.4 Å². The Balaban J connectivity index is 2.39. The predicted molar refractivity (Wildman–Crippen MR) is 32.0 cm³/mol. The van der Waals surface area contributed by atoms with Crippen LogP contribution in [0.1, 0.15) is 0 Å². The van der Waals surface area contributed by atoms with E-state index in [1.54, 1.807) is 12.1 Å². The van der Waals surface area contributed by atoms with Crippen LogP contribution in [0.3, 0.4) is 0 Å². The summed E-state index contributed by atoms with van der Waals surface area (Å²) in [4.78, 5) is 11.2. The minimum absolute atomic E-state index is 0.00722. The topological polar surface area (TPSA) is 31.4 Å². The van der Waals surface area contributed by atoms with Crippen LogP contribution in [0.4, 0.5) is 8.78 Å². The van der Waals surface area contributed by atoms with Crippen molar-refractivity contribution < 1.29 is 18.6 Å². The summed E-state index contributed by atoms with van der Waals surface area (Å²) in [6.07, 6.45) is 1.41. The highest BCUT2D eigenvalue weighted by Crippen LogP contribution is 2.05. The van der Waals surface area contributed by atoms with Crippen molar-refractivity contribution in [1.29, 1.82) is 0 Å². The first kappa shape index (κ1) is 7.87. The third-order valence-electron chi connectivity index (χ3n) is 0.844. The van der Waals surface area contributed by atoms with E-state index < -0.39 is 6.61 Å². The molecule has 0 aromatic carbocycles. The Labute approximate surface area is 61.5 Å². The number of nitrogens with zero attached hydrogens (tertiary/aromatic N) is 1. The summed E-state index contributed by atoms with van der Waals surface area (Å²) in [5, 5.41) is 0. The van der Waals surface area contributed by atoms with E-state index in [-0.39, 0.29) is 5.88 Å². The Kier molecular flexibility index (Phi) is 2.74. The van der Waals surface area contributed by atoms with Gasteiger partial charge in [-0.2, -0.15) is 8.78 Å². The third kappa shape index (κ3) is 2.90. The molecule has 1 aromatic heterocycles. The fourth-order valence-corrected chi connectivity index (χ4v) is 0.482. The summed E-state index contributed by atoms with van der Waals surface area (Å²) in [6, 6.07) is 4.63. The molecule has 3 nitrogen and oxygen atoms in total. The van der Waals surface area contributed by atoms with E-state index in [1.165, 1.54) is 12.3 Å². The summed E-state index contributed by atoms with van der Waals surface area (Å²) >= 11 is 0. The highest BCUT2D eigenvalue weighted by atomic mass is 19.3. The quantitative estimate of drug-likeness (QED) is 0.498. The number of rotatable bonds is 3. The number of hydrogen-bond donors (Lipinski definition) is 0. The molecular weight excluding hydrogens is 156 g/mol. The second kappa shape index (κ2) is 3.82. The summed E-state index contributed by atoms with van der Waals surface area (Å²) < 4.78 is 22.7. The zero-order valence-corrected chi connectivity index (χ0v) is 5.41. The molecule has 0 N–H and O–H groups in total. The first-order chi connectivity index (χ1) is 5.29. The van der Waals surface area contributed by atoms with Gasteiger partial charge in [0.15, 0.2) is 0 Å². The molecule has 0 amide bonds. The average Bonchev–Trinajstić information content (AvgIpc) is 2.03. The average molecular weight is 161 g/mol. The van der Waals surface area contributed by atoms with E-state index in [0.717, 1.165) is 0 Å². The molecule has 1 aromatic rings. The Morgan fingerprint density at radius 2 is 2.18 bits per heavy atom. The van der Waals surface area contributed by atoms with Crippen molar-refractivity contribution in [1.82, 2.24) is 4.98 Å². The Morgan fingerprint density at radius 3 is 2.73 bits per heavy atom. The van der Waals surface area contributed by atoms with Gasteiger partial charge in [-0.05, 0) is 6.07 Å². The van der Waals surface area contributed by atoms with Crippen LogP contribution >= 0.6 is 0 Å². The standard InChI is InChI=1S/C6H5F2NO2/c7-6(8)11-10-5-3-1-2-4-9-5/h1-4,6H. The number of hydrogen-bond acceptors (Lipinski definition) is 3. The molecule has 0 aliphatic heterocycles. The zero-order chi connectivity index (χ0) is 8.10. The monoisotopic (exact) mass is 161 g/mol. The van der Waals surface area contributed by atoms with Crippen molar-refractivity contribution in [2.75, 3.05) is 0 Å². The van der Waals surface area contributed by atoms with Crippen LogP contribution < -0.4 is 4.89 Å². The first-order valence-electron chi connectivity index (χ1n) is 2.81. The molecule has 1 heterocycles. The fraction of sp³-hybridized carbons (Fsp3) is 0.167. The molecule has 60 valence electrons. The largest absolute Gasteiger partial charge is 0.381 e. The summed E-state index contributed by atoms with van der Waals surface area (Å²) in [5.41, 5.74) is 0. The molecule has 11 heavy (non-hydrogen) atoms. The molecule has 0 radical (unpaired) electrons. The van der Waals surface area contributed by atoms with E-state index in [9.17, 15) is 8.78 Å². The molecule has 0 fully saturated rings. The second-order valence-electron chi connectivity index (χ2n) is 1.61. The normalized spacial score (nSPS) is 10.1. The smallest absolute Gasteiger partial charge is 0.311 e. The minimum atomic E-state index is -2.95. The van der Waals surface area contributed by atoms with Crippen molar-refractivity contribution in [2.45, 2.75) is 6.61 Å². The highest BCUT2D eigenvalue weighted by Gasteiger charge is 2.03. The van der Waals surface area contributed by atoms with Crippen molar-refractivity contribution in [3.63, 3.8) is 0 Å². The molecule has 0 aliphatic rings. The second-order valence-corrected chi connectivity index (χ2v) is 1.61.